The molecule has 1 aliphatic heterocycles. The minimum absolute atomic E-state index is 0.0424. The molecule has 30 heavy (non-hydrogen) atoms. The highest BCUT2D eigenvalue weighted by atomic mass is 32.2. The van der Waals surface area contributed by atoms with E-state index in [4.69, 9.17) is 4.42 Å². The van der Waals surface area contributed by atoms with Crippen LogP contribution in [0.15, 0.2) is 51.0 Å². The highest BCUT2D eigenvalue weighted by Crippen LogP contribution is 2.60. The van der Waals surface area contributed by atoms with Gasteiger partial charge in [-0.2, -0.15) is 9.41 Å². The first-order valence-corrected chi connectivity index (χ1v) is 11.1. The van der Waals surface area contributed by atoms with Gasteiger partial charge in [-0.05, 0) is 41.9 Å². The first kappa shape index (κ1) is 20.5. The molecule has 2 aliphatic rings. The molecule has 2 bridgehead atoms. The van der Waals surface area contributed by atoms with Gasteiger partial charge in [-0.1, -0.05) is 20.8 Å². The molecule has 4 rings (SSSR count). The quantitative estimate of drug-likeness (QED) is 0.421. The van der Waals surface area contributed by atoms with Gasteiger partial charge in [0.2, 0.25) is 10.0 Å². The van der Waals surface area contributed by atoms with Gasteiger partial charge in [-0.25, -0.2) is 8.42 Å². The molecule has 9 nitrogen and oxygen atoms in total. The average molecular weight is 433 g/mol. The minimum Gasteiger partial charge on any atom is -0.463 e. The third kappa shape index (κ3) is 3.29. The molecule has 0 amide bonds. The Morgan fingerprint density at radius 3 is 2.63 bits per heavy atom. The molecule has 1 saturated carbocycles. The van der Waals surface area contributed by atoms with E-state index in [-0.39, 0.29) is 33.1 Å². The second-order valence-electron chi connectivity index (χ2n) is 8.88. The molecular weight excluding hydrogens is 408 g/mol. The lowest BCUT2D eigenvalue weighted by molar-refractivity contribution is -0.385. The van der Waals surface area contributed by atoms with Gasteiger partial charge in [-0.3, -0.25) is 15.5 Å². The van der Waals surface area contributed by atoms with Crippen LogP contribution in [0, 0.1) is 20.9 Å². The Morgan fingerprint density at radius 1 is 1.30 bits per heavy atom. The summed E-state index contributed by atoms with van der Waals surface area (Å²) in [6.45, 7) is 6.84. The lowest BCUT2D eigenvalue weighted by Gasteiger charge is -2.42. The zero-order valence-corrected chi connectivity index (χ0v) is 17.8. The summed E-state index contributed by atoms with van der Waals surface area (Å²) in [7, 11) is -3.96. The smallest absolute Gasteiger partial charge is 0.270 e. The molecule has 2 atom stereocenters. The highest BCUT2D eigenvalue weighted by molar-refractivity contribution is 7.89. The Hall–Kier alpha value is -2.72. The SMILES string of the molecule is CC1(C)C[C@H]2C[C@@]1(C)CN2S(=O)(=O)c1cc([N+](=O)[O-])ccc1N/N=C\c1ccco1. The second kappa shape index (κ2) is 6.92. The topological polar surface area (TPSA) is 118 Å². The molecular formula is C20H24N4O5S. The van der Waals surface area contributed by atoms with Crippen LogP contribution in [0.5, 0.6) is 0 Å². The highest BCUT2D eigenvalue weighted by Gasteiger charge is 2.60. The number of nitrogens with zero attached hydrogens (tertiary/aromatic N) is 3. The predicted molar refractivity (Wildman–Crippen MR) is 112 cm³/mol. The molecule has 10 heteroatoms. The minimum atomic E-state index is -3.96. The van der Waals surface area contributed by atoms with Crippen molar-refractivity contribution in [2.24, 2.45) is 15.9 Å². The number of furan rings is 1. The summed E-state index contributed by atoms with van der Waals surface area (Å²) in [5.41, 5.74) is 2.50. The summed E-state index contributed by atoms with van der Waals surface area (Å²) < 4.78 is 33.8. The lowest BCUT2D eigenvalue weighted by atomic mass is 9.69. The Kier molecular flexibility index (Phi) is 4.74. The molecule has 1 N–H and O–H groups in total. The molecule has 1 aromatic heterocycles. The average Bonchev–Trinajstić information content (AvgIpc) is 3.34. The number of benzene rings is 1. The Balaban J connectivity index is 1.69. The van der Waals surface area contributed by atoms with Crippen LogP contribution in [0.4, 0.5) is 11.4 Å². The number of nitro benzene ring substituents is 1. The maximum atomic E-state index is 13.6. The van der Waals surface area contributed by atoms with Crippen LogP contribution >= 0.6 is 0 Å². The van der Waals surface area contributed by atoms with E-state index in [1.165, 1.54) is 28.9 Å². The number of fused-ring (bicyclic) bond motifs is 2. The molecule has 2 fully saturated rings. The van der Waals surface area contributed by atoms with Crippen LogP contribution in [0.25, 0.3) is 0 Å². The third-order valence-corrected chi connectivity index (χ3v) is 8.60. The number of sulfonamides is 1. The van der Waals surface area contributed by atoms with Crippen molar-refractivity contribution in [2.75, 3.05) is 12.0 Å². The molecule has 1 saturated heterocycles. The van der Waals surface area contributed by atoms with Crippen molar-refractivity contribution in [2.45, 2.75) is 44.6 Å². The first-order chi connectivity index (χ1) is 14.0. The number of piperidine rings is 1. The van der Waals surface area contributed by atoms with Crippen LogP contribution in [-0.2, 0) is 10.0 Å². The maximum absolute atomic E-state index is 13.6. The zero-order chi connectivity index (χ0) is 21.7. The number of non-ortho nitro benzene ring substituents is 1. The fourth-order valence-corrected chi connectivity index (χ4v) is 6.44. The fraction of sp³-hybridized carbons (Fsp3) is 0.450. The van der Waals surface area contributed by atoms with Gasteiger partial charge in [-0.15, -0.1) is 0 Å². The van der Waals surface area contributed by atoms with E-state index < -0.39 is 14.9 Å². The number of anilines is 1. The van der Waals surface area contributed by atoms with E-state index in [1.54, 1.807) is 12.1 Å². The first-order valence-electron chi connectivity index (χ1n) is 9.66. The molecule has 1 aromatic carbocycles. The molecule has 160 valence electrons. The standard InChI is InChI=1S/C20H24N4O5S/c1-19(2)10-15-11-20(19,3)13-23(15)30(27,28)18-9-14(24(25)26)6-7-17(18)22-21-12-16-5-4-8-29-16/h4-9,12,15,22H,10-11,13H2,1-3H3/b21-12-/t15-,20-/m0/s1. The maximum Gasteiger partial charge on any atom is 0.270 e. The van der Waals surface area contributed by atoms with E-state index in [2.05, 4.69) is 31.3 Å². The number of hydrazone groups is 1. The number of nitrogens with one attached hydrogen (secondary N) is 1. The van der Waals surface area contributed by atoms with Crippen LogP contribution in [0.1, 0.15) is 39.4 Å². The van der Waals surface area contributed by atoms with Crippen LogP contribution in [0.3, 0.4) is 0 Å². The van der Waals surface area contributed by atoms with Crippen molar-refractivity contribution in [1.82, 2.24) is 4.31 Å². The van der Waals surface area contributed by atoms with E-state index in [0.717, 1.165) is 18.9 Å². The lowest BCUT2D eigenvalue weighted by Crippen LogP contribution is -2.46. The molecule has 0 spiro atoms. The number of rotatable bonds is 6. The monoisotopic (exact) mass is 432 g/mol. The Bertz CT molecular complexity index is 1110. The van der Waals surface area contributed by atoms with Gasteiger partial charge in [0.25, 0.3) is 5.69 Å². The summed E-state index contributed by atoms with van der Waals surface area (Å²) in [4.78, 5) is 10.5. The van der Waals surface area contributed by atoms with Gasteiger partial charge in [0.05, 0.1) is 23.1 Å². The van der Waals surface area contributed by atoms with Crippen LogP contribution in [0.2, 0.25) is 0 Å². The van der Waals surface area contributed by atoms with E-state index in [1.807, 2.05) is 0 Å². The summed E-state index contributed by atoms with van der Waals surface area (Å²) in [5, 5.41) is 15.3. The van der Waals surface area contributed by atoms with Gasteiger partial charge >= 0.3 is 0 Å². The Morgan fingerprint density at radius 2 is 2.07 bits per heavy atom. The van der Waals surface area contributed by atoms with Crippen molar-refractivity contribution in [1.29, 1.82) is 0 Å². The van der Waals surface area contributed by atoms with E-state index >= 15 is 0 Å². The van der Waals surface area contributed by atoms with E-state index in [9.17, 15) is 18.5 Å². The predicted octanol–water partition coefficient (Wildman–Crippen LogP) is 3.83. The summed E-state index contributed by atoms with van der Waals surface area (Å²) in [5.74, 6) is 0.487. The number of hydrogen-bond donors (Lipinski definition) is 1. The van der Waals surface area contributed by atoms with Gasteiger partial charge in [0.1, 0.15) is 10.7 Å². The van der Waals surface area contributed by atoms with Gasteiger partial charge in [0.15, 0.2) is 0 Å². The second-order valence-corrected chi connectivity index (χ2v) is 10.7. The third-order valence-electron chi connectivity index (χ3n) is 6.66. The molecule has 2 heterocycles. The number of nitro groups is 1. The van der Waals surface area contributed by atoms with Gasteiger partial charge < -0.3 is 4.42 Å². The van der Waals surface area contributed by atoms with Crippen molar-refractivity contribution in [3.8, 4) is 0 Å². The van der Waals surface area contributed by atoms with Crippen molar-refractivity contribution >= 4 is 27.6 Å². The van der Waals surface area contributed by atoms with Crippen molar-refractivity contribution < 1.29 is 17.8 Å². The summed E-state index contributed by atoms with van der Waals surface area (Å²) in [6, 6.07) is 7.00. The van der Waals surface area contributed by atoms with Crippen LogP contribution < -0.4 is 5.43 Å². The van der Waals surface area contributed by atoms with Crippen LogP contribution in [-0.4, -0.2) is 36.4 Å². The largest absolute Gasteiger partial charge is 0.463 e. The summed E-state index contributed by atoms with van der Waals surface area (Å²) in [6.07, 6.45) is 4.44. The van der Waals surface area contributed by atoms with E-state index in [0.29, 0.717) is 12.3 Å². The van der Waals surface area contributed by atoms with Gasteiger partial charge in [0, 0.05) is 24.7 Å². The fourth-order valence-electron chi connectivity index (χ4n) is 4.53. The molecule has 0 radical (unpaired) electrons. The Labute approximate surface area is 175 Å². The normalized spacial score (nSPS) is 25.8. The summed E-state index contributed by atoms with van der Waals surface area (Å²) >= 11 is 0. The molecule has 2 aromatic rings. The number of hydrogen-bond acceptors (Lipinski definition) is 7. The van der Waals surface area contributed by atoms with Crippen molar-refractivity contribution in [3.05, 3.63) is 52.5 Å². The molecule has 0 unspecified atom stereocenters. The van der Waals surface area contributed by atoms with Crippen molar-refractivity contribution in [3.63, 3.8) is 0 Å². The molecule has 1 aliphatic carbocycles. The zero-order valence-electron chi connectivity index (χ0n) is 17.0.